The Bertz CT molecular complexity index is 1280. The summed E-state index contributed by atoms with van der Waals surface area (Å²) in [7, 11) is 0. The van der Waals surface area contributed by atoms with Crippen LogP contribution < -0.4 is 10.6 Å². The summed E-state index contributed by atoms with van der Waals surface area (Å²) in [6.45, 7) is 3.03. The molecular weight excluding hydrogens is 495 g/mol. The average molecular weight is 523 g/mol. The molecule has 0 spiro atoms. The molecule has 3 aromatic heterocycles. The van der Waals surface area contributed by atoms with Crippen molar-refractivity contribution in [3.05, 3.63) is 59.1 Å². The van der Waals surface area contributed by atoms with E-state index in [1.807, 2.05) is 18.3 Å². The first-order chi connectivity index (χ1) is 16.6. The quantitative estimate of drug-likeness (QED) is 0.245. The summed E-state index contributed by atoms with van der Waals surface area (Å²) < 4.78 is 16.7. The Morgan fingerprint density at radius 2 is 1.91 bits per heavy atom. The van der Waals surface area contributed by atoms with E-state index in [2.05, 4.69) is 42.9 Å². The zero-order valence-corrected chi connectivity index (χ0v) is 20.8. The number of aromatic nitrogens is 4. The van der Waals surface area contributed by atoms with Gasteiger partial charge in [0.2, 0.25) is 5.95 Å². The Hall–Kier alpha value is -3.00. The minimum absolute atomic E-state index is 0.274. The number of hydrogen-bond donors (Lipinski definition) is 2. The van der Waals surface area contributed by atoms with Crippen LogP contribution in [0.25, 0.3) is 28.3 Å². The number of anilines is 2. The number of pyridine rings is 1. The molecule has 6 nitrogen and oxygen atoms in total. The molecule has 4 aromatic rings. The van der Waals surface area contributed by atoms with E-state index < -0.39 is 0 Å². The molecule has 1 aliphatic carbocycles. The normalized spacial score (nSPS) is 14.1. The lowest BCUT2D eigenvalue weighted by Crippen LogP contribution is -2.16. The van der Waals surface area contributed by atoms with Crippen molar-refractivity contribution in [2.45, 2.75) is 51.5 Å². The molecule has 0 aliphatic heterocycles. The Morgan fingerprint density at radius 3 is 2.68 bits per heavy atom. The van der Waals surface area contributed by atoms with Gasteiger partial charge in [0.05, 0.1) is 22.8 Å². The van der Waals surface area contributed by atoms with Crippen molar-refractivity contribution in [1.82, 2.24) is 19.4 Å². The first kappa shape index (κ1) is 22.8. The van der Waals surface area contributed by atoms with Crippen LogP contribution in [0.2, 0.25) is 0 Å². The van der Waals surface area contributed by atoms with Crippen LogP contribution in [0.5, 0.6) is 0 Å². The van der Waals surface area contributed by atoms with E-state index in [4.69, 9.17) is 9.97 Å². The molecule has 1 fully saturated rings. The standard InChI is InChI=1S/C26H28BrFN6/c1-2-3-13-29-22-15-18(27)16-34-24(23(33-25(22)34)17-8-10-19(28)11-9-17)21-12-14-30-26(32-21)31-20-6-4-5-7-20/h8-12,14-16,20,29H,2-7,13H2,1H3,(H,30,31,32). The predicted molar refractivity (Wildman–Crippen MR) is 139 cm³/mol. The van der Waals surface area contributed by atoms with E-state index >= 15 is 0 Å². The van der Waals surface area contributed by atoms with Crippen LogP contribution in [0, 0.1) is 5.82 Å². The number of benzene rings is 1. The van der Waals surface area contributed by atoms with Crippen LogP contribution in [0.1, 0.15) is 45.4 Å². The van der Waals surface area contributed by atoms with Crippen molar-refractivity contribution in [1.29, 1.82) is 0 Å². The highest BCUT2D eigenvalue weighted by molar-refractivity contribution is 9.10. The topological polar surface area (TPSA) is 67.1 Å². The lowest BCUT2D eigenvalue weighted by molar-refractivity contribution is 0.628. The highest BCUT2D eigenvalue weighted by Crippen LogP contribution is 2.36. The van der Waals surface area contributed by atoms with Crippen molar-refractivity contribution in [3.8, 4) is 22.6 Å². The summed E-state index contributed by atoms with van der Waals surface area (Å²) >= 11 is 3.66. The second kappa shape index (κ2) is 10.1. The maximum Gasteiger partial charge on any atom is 0.223 e. The zero-order chi connectivity index (χ0) is 23.5. The van der Waals surface area contributed by atoms with Gasteiger partial charge in [0.25, 0.3) is 0 Å². The summed E-state index contributed by atoms with van der Waals surface area (Å²) in [6, 6.07) is 10.8. The molecule has 0 atom stereocenters. The molecule has 1 aromatic carbocycles. The average Bonchev–Trinajstić information content (AvgIpc) is 3.48. The molecule has 176 valence electrons. The summed E-state index contributed by atoms with van der Waals surface area (Å²) in [4.78, 5) is 14.4. The number of fused-ring (bicyclic) bond motifs is 1. The molecule has 0 unspecified atom stereocenters. The second-order valence-electron chi connectivity index (χ2n) is 8.75. The van der Waals surface area contributed by atoms with Gasteiger partial charge in [-0.3, -0.25) is 4.40 Å². The van der Waals surface area contributed by atoms with Gasteiger partial charge in [0.1, 0.15) is 5.82 Å². The van der Waals surface area contributed by atoms with Crippen molar-refractivity contribution >= 4 is 33.2 Å². The van der Waals surface area contributed by atoms with E-state index in [1.165, 1.54) is 25.0 Å². The van der Waals surface area contributed by atoms with E-state index in [0.29, 0.717) is 12.0 Å². The Balaban J connectivity index is 1.65. The Labute approximate surface area is 207 Å². The number of nitrogens with zero attached hydrogens (tertiary/aromatic N) is 4. The third-order valence-corrected chi connectivity index (χ3v) is 6.67. The minimum atomic E-state index is -0.274. The molecule has 5 rings (SSSR count). The molecule has 0 saturated heterocycles. The summed E-state index contributed by atoms with van der Waals surface area (Å²) in [5.41, 5.74) is 4.94. The van der Waals surface area contributed by atoms with E-state index in [1.54, 1.807) is 18.3 Å². The van der Waals surface area contributed by atoms with Crippen LogP contribution in [0.3, 0.4) is 0 Å². The summed E-state index contributed by atoms with van der Waals surface area (Å²) in [6.07, 6.45) is 10.7. The van der Waals surface area contributed by atoms with Crippen LogP contribution >= 0.6 is 15.9 Å². The summed E-state index contributed by atoms with van der Waals surface area (Å²) in [5.74, 6) is 0.351. The number of rotatable bonds is 8. The van der Waals surface area contributed by atoms with Crippen LogP contribution in [0.15, 0.2) is 53.3 Å². The predicted octanol–water partition coefficient (Wildman–Crippen LogP) is 6.93. The SMILES string of the molecule is CCCCNc1cc(Br)cn2c(-c3ccnc(NC4CCCC4)n3)c(-c3ccc(F)cc3)nc12. The van der Waals surface area contributed by atoms with Gasteiger partial charge in [-0.2, -0.15) is 0 Å². The van der Waals surface area contributed by atoms with Gasteiger partial charge in [-0.25, -0.2) is 19.3 Å². The first-order valence-electron chi connectivity index (χ1n) is 11.9. The highest BCUT2D eigenvalue weighted by Gasteiger charge is 2.21. The molecule has 1 aliphatic rings. The van der Waals surface area contributed by atoms with Crippen LogP contribution in [0.4, 0.5) is 16.0 Å². The fourth-order valence-corrected chi connectivity index (χ4v) is 4.94. The number of nitrogens with one attached hydrogen (secondary N) is 2. The van der Waals surface area contributed by atoms with Gasteiger partial charge in [-0.15, -0.1) is 0 Å². The number of unbranched alkanes of at least 4 members (excludes halogenated alkanes) is 1. The largest absolute Gasteiger partial charge is 0.382 e. The van der Waals surface area contributed by atoms with Crippen LogP contribution in [-0.4, -0.2) is 31.9 Å². The van der Waals surface area contributed by atoms with E-state index in [-0.39, 0.29) is 5.82 Å². The van der Waals surface area contributed by atoms with Gasteiger partial charge < -0.3 is 10.6 Å². The molecule has 3 heterocycles. The van der Waals surface area contributed by atoms with Gasteiger partial charge in [0, 0.05) is 35.0 Å². The maximum atomic E-state index is 13.7. The molecule has 8 heteroatoms. The second-order valence-corrected chi connectivity index (χ2v) is 9.67. The first-order valence-corrected chi connectivity index (χ1v) is 12.7. The van der Waals surface area contributed by atoms with E-state index in [9.17, 15) is 4.39 Å². The number of halogens is 2. The molecule has 0 amide bonds. The summed E-state index contributed by atoms with van der Waals surface area (Å²) in [5, 5.41) is 7.02. The number of hydrogen-bond acceptors (Lipinski definition) is 5. The van der Waals surface area contributed by atoms with Gasteiger partial charge in [-0.1, -0.05) is 26.2 Å². The molecule has 0 bridgehead atoms. The Morgan fingerprint density at radius 1 is 1.12 bits per heavy atom. The molecule has 0 radical (unpaired) electrons. The third-order valence-electron chi connectivity index (χ3n) is 6.24. The minimum Gasteiger partial charge on any atom is -0.382 e. The molecule has 34 heavy (non-hydrogen) atoms. The molecule has 2 N–H and O–H groups in total. The third kappa shape index (κ3) is 4.78. The highest BCUT2D eigenvalue weighted by atomic mass is 79.9. The lowest BCUT2D eigenvalue weighted by atomic mass is 10.1. The van der Waals surface area contributed by atoms with Gasteiger partial charge in [0.15, 0.2) is 5.65 Å². The van der Waals surface area contributed by atoms with E-state index in [0.717, 1.165) is 70.7 Å². The fourth-order valence-electron chi connectivity index (χ4n) is 4.51. The lowest BCUT2D eigenvalue weighted by Gasteiger charge is -2.13. The van der Waals surface area contributed by atoms with Crippen molar-refractivity contribution in [3.63, 3.8) is 0 Å². The smallest absolute Gasteiger partial charge is 0.223 e. The monoisotopic (exact) mass is 522 g/mol. The van der Waals surface area contributed by atoms with Crippen molar-refractivity contribution in [2.75, 3.05) is 17.2 Å². The maximum absolute atomic E-state index is 13.7. The zero-order valence-electron chi connectivity index (χ0n) is 19.2. The fraction of sp³-hybridized carbons (Fsp3) is 0.346. The molecule has 1 saturated carbocycles. The van der Waals surface area contributed by atoms with Crippen molar-refractivity contribution in [2.24, 2.45) is 0 Å². The van der Waals surface area contributed by atoms with Gasteiger partial charge in [-0.05, 0) is 71.6 Å². The molecular formula is C26H28BrFN6. The van der Waals surface area contributed by atoms with Crippen molar-refractivity contribution < 1.29 is 4.39 Å². The van der Waals surface area contributed by atoms with Gasteiger partial charge >= 0.3 is 0 Å². The Kier molecular flexibility index (Phi) is 6.76. The number of imidazole rings is 1. The van der Waals surface area contributed by atoms with Crippen LogP contribution in [-0.2, 0) is 0 Å².